The zero-order valence-corrected chi connectivity index (χ0v) is 9.02. The topological polar surface area (TPSA) is 0 Å². The summed E-state index contributed by atoms with van der Waals surface area (Å²) in [6.45, 7) is 0. The quantitative estimate of drug-likeness (QED) is 0.560. The van der Waals surface area contributed by atoms with Crippen molar-refractivity contribution < 1.29 is 8.78 Å². The van der Waals surface area contributed by atoms with Crippen molar-refractivity contribution in [1.29, 1.82) is 0 Å². The molecule has 0 aliphatic carbocycles. The van der Waals surface area contributed by atoms with Crippen LogP contribution >= 0.6 is 15.9 Å². The van der Waals surface area contributed by atoms with Crippen LogP contribution in [0.1, 0.15) is 24.0 Å². The lowest BCUT2D eigenvalue weighted by Gasteiger charge is -1.97. The molecule has 0 unspecified atom stereocenters. The number of hydrogen-bond donors (Lipinski definition) is 0. The highest BCUT2D eigenvalue weighted by molar-refractivity contribution is 9.09. The fourth-order valence-corrected chi connectivity index (χ4v) is 1.12. The van der Waals surface area contributed by atoms with Crippen molar-refractivity contribution in [2.75, 3.05) is 5.33 Å². The van der Waals surface area contributed by atoms with Crippen LogP contribution in [-0.4, -0.2) is 5.33 Å². The largest absolute Gasteiger partial charge is 0.263 e. The molecule has 0 amide bonds. The predicted molar refractivity (Wildman–Crippen MR) is 56.7 cm³/mol. The molecule has 0 N–H and O–H groups in total. The Balaban J connectivity index is 2.70. The van der Waals surface area contributed by atoms with E-state index in [1.807, 2.05) is 0 Å². The summed E-state index contributed by atoms with van der Waals surface area (Å²) >= 11 is 3.25. The molecular weight excluding hydrogens is 250 g/mol. The van der Waals surface area contributed by atoms with E-state index in [-0.39, 0.29) is 5.56 Å². The standard InChI is InChI=1S/C11H9BrF2/c12-8-2-1-3-9-4-6-10(7-5-9)11(13)14/h4-7,11H,2,8H2. The van der Waals surface area contributed by atoms with E-state index in [4.69, 9.17) is 0 Å². The Morgan fingerprint density at radius 2 is 1.86 bits per heavy atom. The first-order valence-electron chi connectivity index (χ1n) is 4.17. The Kier molecular flexibility index (Phi) is 4.61. The highest BCUT2D eigenvalue weighted by Crippen LogP contribution is 2.18. The van der Waals surface area contributed by atoms with Crippen LogP contribution in [0.4, 0.5) is 8.78 Å². The molecular formula is C11H9BrF2. The summed E-state index contributed by atoms with van der Waals surface area (Å²) in [6.07, 6.45) is -1.64. The first kappa shape index (κ1) is 11.2. The van der Waals surface area contributed by atoms with Crippen LogP contribution in [-0.2, 0) is 0 Å². The Hall–Kier alpha value is -0.880. The molecule has 3 heteroatoms. The average molecular weight is 259 g/mol. The van der Waals surface area contributed by atoms with Crippen molar-refractivity contribution in [1.82, 2.24) is 0 Å². The van der Waals surface area contributed by atoms with Gasteiger partial charge < -0.3 is 0 Å². The summed E-state index contributed by atoms with van der Waals surface area (Å²) in [5, 5.41) is 0.828. The molecule has 0 aliphatic rings. The number of rotatable bonds is 2. The van der Waals surface area contributed by atoms with Gasteiger partial charge in [-0.3, -0.25) is 0 Å². The maximum Gasteiger partial charge on any atom is 0.263 e. The van der Waals surface area contributed by atoms with Crippen LogP contribution in [0.25, 0.3) is 0 Å². The zero-order valence-electron chi connectivity index (χ0n) is 7.43. The molecule has 0 aliphatic heterocycles. The van der Waals surface area contributed by atoms with Crippen LogP contribution in [0.2, 0.25) is 0 Å². The number of alkyl halides is 3. The summed E-state index contributed by atoms with van der Waals surface area (Å²) in [6, 6.07) is 6.04. The molecule has 1 aromatic rings. The third kappa shape index (κ3) is 3.47. The van der Waals surface area contributed by atoms with E-state index in [1.54, 1.807) is 12.1 Å². The van der Waals surface area contributed by atoms with Gasteiger partial charge in [0, 0.05) is 22.9 Å². The van der Waals surface area contributed by atoms with Gasteiger partial charge in [-0.05, 0) is 12.1 Å². The molecule has 0 spiro atoms. The van der Waals surface area contributed by atoms with Crippen LogP contribution in [0, 0.1) is 11.8 Å². The van der Waals surface area contributed by atoms with E-state index >= 15 is 0 Å². The van der Waals surface area contributed by atoms with Gasteiger partial charge in [0.2, 0.25) is 0 Å². The second-order valence-corrected chi connectivity index (χ2v) is 3.46. The minimum absolute atomic E-state index is 0.0380. The van der Waals surface area contributed by atoms with E-state index < -0.39 is 6.43 Å². The lowest BCUT2D eigenvalue weighted by molar-refractivity contribution is 0.151. The molecule has 0 saturated carbocycles. The summed E-state index contributed by atoms with van der Waals surface area (Å²) in [7, 11) is 0. The van der Waals surface area contributed by atoms with Gasteiger partial charge in [0.15, 0.2) is 0 Å². The molecule has 0 atom stereocenters. The molecule has 14 heavy (non-hydrogen) atoms. The van der Waals surface area contributed by atoms with Crippen LogP contribution in [0.5, 0.6) is 0 Å². The summed E-state index contributed by atoms with van der Waals surface area (Å²) in [4.78, 5) is 0. The molecule has 1 rings (SSSR count). The van der Waals surface area contributed by atoms with Gasteiger partial charge in [0.1, 0.15) is 0 Å². The van der Waals surface area contributed by atoms with E-state index in [9.17, 15) is 8.78 Å². The van der Waals surface area contributed by atoms with Crippen LogP contribution in [0.15, 0.2) is 24.3 Å². The SMILES string of the molecule is FC(F)c1ccc(C#CCCBr)cc1. The van der Waals surface area contributed by atoms with Gasteiger partial charge in [-0.25, -0.2) is 8.78 Å². The van der Waals surface area contributed by atoms with Crippen molar-refractivity contribution >= 4 is 15.9 Å². The molecule has 0 fully saturated rings. The molecule has 0 bridgehead atoms. The van der Waals surface area contributed by atoms with Gasteiger partial charge in [0.25, 0.3) is 6.43 Å². The minimum Gasteiger partial charge on any atom is -0.205 e. The normalized spacial score (nSPS) is 9.71. The van der Waals surface area contributed by atoms with Gasteiger partial charge in [-0.2, -0.15) is 0 Å². The van der Waals surface area contributed by atoms with Crippen molar-refractivity contribution in [3.8, 4) is 11.8 Å². The monoisotopic (exact) mass is 258 g/mol. The van der Waals surface area contributed by atoms with Crippen molar-refractivity contribution in [2.24, 2.45) is 0 Å². The van der Waals surface area contributed by atoms with Crippen molar-refractivity contribution in [3.05, 3.63) is 35.4 Å². The second kappa shape index (κ2) is 5.77. The zero-order chi connectivity index (χ0) is 10.4. The molecule has 0 radical (unpaired) electrons. The Morgan fingerprint density at radius 1 is 1.21 bits per heavy atom. The molecule has 0 aromatic heterocycles. The maximum absolute atomic E-state index is 12.2. The van der Waals surface area contributed by atoms with Crippen molar-refractivity contribution in [3.63, 3.8) is 0 Å². The first-order valence-corrected chi connectivity index (χ1v) is 5.29. The van der Waals surface area contributed by atoms with Gasteiger partial charge in [-0.1, -0.05) is 39.9 Å². The van der Waals surface area contributed by atoms with Crippen LogP contribution < -0.4 is 0 Å². The molecule has 0 nitrogen and oxygen atoms in total. The Morgan fingerprint density at radius 3 is 2.36 bits per heavy atom. The van der Waals surface area contributed by atoms with Crippen LogP contribution in [0.3, 0.4) is 0 Å². The highest BCUT2D eigenvalue weighted by atomic mass is 79.9. The second-order valence-electron chi connectivity index (χ2n) is 2.66. The number of benzene rings is 1. The summed E-state index contributed by atoms with van der Waals surface area (Å²) in [5.41, 5.74) is 0.811. The van der Waals surface area contributed by atoms with Gasteiger partial charge >= 0.3 is 0 Å². The predicted octanol–water partition coefficient (Wildman–Crippen LogP) is 3.76. The number of hydrogen-bond acceptors (Lipinski definition) is 0. The Bertz CT molecular complexity index is 333. The molecule has 74 valence electrons. The fraction of sp³-hybridized carbons (Fsp3) is 0.273. The molecule has 0 heterocycles. The summed E-state index contributed by atoms with van der Waals surface area (Å²) < 4.78 is 24.3. The van der Waals surface area contributed by atoms with Gasteiger partial charge in [-0.15, -0.1) is 0 Å². The van der Waals surface area contributed by atoms with Gasteiger partial charge in [0.05, 0.1) is 0 Å². The van der Waals surface area contributed by atoms with E-state index in [0.717, 1.165) is 17.3 Å². The molecule has 1 aromatic carbocycles. The molecule has 0 saturated heterocycles. The van der Waals surface area contributed by atoms with Crippen molar-refractivity contribution in [2.45, 2.75) is 12.8 Å². The minimum atomic E-state index is -2.40. The summed E-state index contributed by atoms with van der Waals surface area (Å²) in [5.74, 6) is 5.80. The maximum atomic E-state index is 12.2. The highest BCUT2D eigenvalue weighted by Gasteiger charge is 2.04. The Labute approximate surface area is 90.5 Å². The average Bonchev–Trinajstić information content (AvgIpc) is 2.19. The third-order valence-corrected chi connectivity index (χ3v) is 2.01. The van der Waals surface area contributed by atoms with E-state index in [0.29, 0.717) is 0 Å². The smallest absolute Gasteiger partial charge is 0.205 e. The first-order chi connectivity index (χ1) is 6.74. The lowest BCUT2D eigenvalue weighted by atomic mass is 10.1. The third-order valence-electron chi connectivity index (χ3n) is 1.61. The van der Waals surface area contributed by atoms with E-state index in [2.05, 4.69) is 27.8 Å². The van der Waals surface area contributed by atoms with E-state index in [1.165, 1.54) is 12.1 Å². The lowest BCUT2D eigenvalue weighted by Crippen LogP contribution is -1.83. The fourth-order valence-electron chi connectivity index (χ4n) is 0.924. The number of halogens is 3.